The molecule has 0 fully saturated rings. The number of benzene rings is 3. The average molecular weight is 464 g/mol. The molecular formula is C24H33O7P. The topological polar surface area (TPSA) is 138 Å². The van der Waals surface area contributed by atoms with Gasteiger partial charge in [-0.25, -0.2) is 4.57 Å². The summed E-state index contributed by atoms with van der Waals surface area (Å²) in [6.45, 7) is 11.7. The standard InChI is InChI=1S/3C8H10O.H3O4P/c3*1-6-3-4-8(9)7(2)5-6;1-5(2,3)4/h3*3-5,9H,1-2H3;(H3,1,2,3,4). The van der Waals surface area contributed by atoms with Crippen molar-refractivity contribution in [3.63, 3.8) is 0 Å². The minimum atomic E-state index is -4.64. The van der Waals surface area contributed by atoms with Crippen LogP contribution in [0.2, 0.25) is 0 Å². The summed E-state index contributed by atoms with van der Waals surface area (Å²) in [6.07, 6.45) is 0. The van der Waals surface area contributed by atoms with Gasteiger partial charge in [-0.15, -0.1) is 0 Å². The van der Waals surface area contributed by atoms with Crippen LogP contribution in [0.25, 0.3) is 0 Å². The number of aryl methyl sites for hydroxylation is 6. The molecule has 0 aromatic heterocycles. The molecule has 0 aliphatic heterocycles. The summed E-state index contributed by atoms with van der Waals surface area (Å²) in [7, 11) is -4.64. The van der Waals surface area contributed by atoms with E-state index >= 15 is 0 Å². The Balaban J connectivity index is 0.000000410. The quantitative estimate of drug-likeness (QED) is 0.255. The van der Waals surface area contributed by atoms with Crippen LogP contribution >= 0.6 is 7.82 Å². The molecule has 6 N–H and O–H groups in total. The number of phosphoric acid groups is 1. The average Bonchev–Trinajstić information content (AvgIpc) is 2.65. The molecule has 3 aromatic rings. The van der Waals surface area contributed by atoms with E-state index in [4.69, 9.17) is 34.6 Å². The van der Waals surface area contributed by atoms with Crippen molar-refractivity contribution in [2.45, 2.75) is 41.5 Å². The highest BCUT2D eigenvalue weighted by Gasteiger charge is 2.00. The lowest BCUT2D eigenvalue weighted by Crippen LogP contribution is -1.75. The van der Waals surface area contributed by atoms with Crippen molar-refractivity contribution in [1.82, 2.24) is 0 Å². The fraction of sp³-hybridized carbons (Fsp3) is 0.250. The van der Waals surface area contributed by atoms with Crippen LogP contribution in [0, 0.1) is 41.5 Å². The Morgan fingerprint density at radius 3 is 0.812 bits per heavy atom. The van der Waals surface area contributed by atoms with Crippen LogP contribution in [0.3, 0.4) is 0 Å². The summed E-state index contributed by atoms with van der Waals surface area (Å²) in [5, 5.41) is 27.1. The van der Waals surface area contributed by atoms with E-state index in [9.17, 15) is 0 Å². The first-order valence-corrected chi connectivity index (χ1v) is 11.2. The zero-order valence-corrected chi connectivity index (χ0v) is 20.1. The van der Waals surface area contributed by atoms with Gasteiger partial charge in [0.05, 0.1) is 0 Å². The number of rotatable bonds is 0. The van der Waals surface area contributed by atoms with Gasteiger partial charge in [0.1, 0.15) is 17.2 Å². The first-order chi connectivity index (χ1) is 14.6. The van der Waals surface area contributed by atoms with Crippen LogP contribution in [-0.2, 0) is 4.57 Å². The predicted octanol–water partition coefficient (Wildman–Crippen LogP) is 5.10. The molecule has 0 unspecified atom stereocenters. The lowest BCUT2D eigenvalue weighted by atomic mass is 10.1. The zero-order valence-electron chi connectivity index (χ0n) is 19.2. The van der Waals surface area contributed by atoms with Gasteiger partial charge in [-0.3, -0.25) is 0 Å². The van der Waals surface area contributed by atoms with E-state index in [1.54, 1.807) is 18.2 Å². The molecule has 0 amide bonds. The molecular weight excluding hydrogens is 431 g/mol. The maximum atomic E-state index is 9.04. The van der Waals surface area contributed by atoms with Crippen LogP contribution in [0.4, 0.5) is 0 Å². The Hall–Kier alpha value is -2.83. The zero-order chi connectivity index (χ0) is 25.1. The van der Waals surface area contributed by atoms with E-state index in [0.29, 0.717) is 17.2 Å². The summed E-state index contributed by atoms with van der Waals surface area (Å²) >= 11 is 0. The first kappa shape index (κ1) is 29.2. The normalized spacial score (nSPS) is 9.91. The van der Waals surface area contributed by atoms with Gasteiger partial charge >= 0.3 is 7.82 Å². The smallest absolute Gasteiger partial charge is 0.466 e. The van der Waals surface area contributed by atoms with Gasteiger partial charge in [0, 0.05) is 0 Å². The van der Waals surface area contributed by atoms with Gasteiger partial charge in [-0.1, -0.05) is 53.1 Å². The second-order valence-electron chi connectivity index (χ2n) is 7.38. The van der Waals surface area contributed by atoms with Crippen LogP contribution in [0.1, 0.15) is 33.4 Å². The Morgan fingerprint density at radius 2 is 0.688 bits per heavy atom. The largest absolute Gasteiger partial charge is 0.508 e. The molecule has 0 radical (unpaired) electrons. The molecule has 32 heavy (non-hydrogen) atoms. The second-order valence-corrected chi connectivity index (χ2v) is 8.41. The molecule has 176 valence electrons. The van der Waals surface area contributed by atoms with E-state index in [0.717, 1.165) is 16.7 Å². The predicted molar refractivity (Wildman–Crippen MR) is 127 cm³/mol. The molecule has 0 aliphatic rings. The first-order valence-electron chi connectivity index (χ1n) is 9.67. The molecule has 3 rings (SSSR count). The van der Waals surface area contributed by atoms with Crippen molar-refractivity contribution < 1.29 is 34.6 Å². The highest BCUT2D eigenvalue weighted by atomic mass is 31.2. The van der Waals surface area contributed by atoms with Crippen LogP contribution in [0.5, 0.6) is 17.2 Å². The molecule has 0 saturated heterocycles. The lowest BCUT2D eigenvalue weighted by molar-refractivity contribution is 0.275. The van der Waals surface area contributed by atoms with Gasteiger partial charge in [0.2, 0.25) is 0 Å². The Labute approximate surface area is 189 Å². The minimum absolute atomic E-state index is 0.376. The van der Waals surface area contributed by atoms with E-state index in [1.807, 2.05) is 77.9 Å². The molecule has 0 atom stereocenters. The third kappa shape index (κ3) is 14.2. The van der Waals surface area contributed by atoms with Gasteiger partial charge in [-0.05, 0) is 76.4 Å². The Morgan fingerprint density at radius 1 is 0.500 bits per heavy atom. The number of phenolic OH excluding ortho intramolecular Hbond substituents is 3. The van der Waals surface area contributed by atoms with Gasteiger partial charge in [-0.2, -0.15) is 0 Å². The van der Waals surface area contributed by atoms with Crippen molar-refractivity contribution in [2.75, 3.05) is 0 Å². The Bertz CT molecular complexity index is 917. The molecule has 0 spiro atoms. The highest BCUT2D eigenvalue weighted by molar-refractivity contribution is 7.45. The fourth-order valence-corrected chi connectivity index (χ4v) is 2.42. The third-order valence-corrected chi connectivity index (χ3v) is 4.06. The Kier molecular flexibility index (Phi) is 12.4. The van der Waals surface area contributed by atoms with E-state index in [2.05, 4.69) is 0 Å². The SMILES string of the molecule is Cc1ccc(O)c(C)c1.Cc1ccc(O)c(C)c1.Cc1ccc(O)c(C)c1.O=P(O)(O)O. The van der Waals surface area contributed by atoms with E-state index in [-0.39, 0.29) is 0 Å². The summed E-state index contributed by atoms with van der Waals surface area (Å²) in [4.78, 5) is 21.6. The number of aromatic hydroxyl groups is 3. The van der Waals surface area contributed by atoms with Crippen molar-refractivity contribution in [2.24, 2.45) is 0 Å². The van der Waals surface area contributed by atoms with E-state index in [1.165, 1.54) is 16.7 Å². The van der Waals surface area contributed by atoms with Crippen molar-refractivity contribution in [3.05, 3.63) is 88.0 Å². The van der Waals surface area contributed by atoms with Gasteiger partial charge in [0.25, 0.3) is 0 Å². The summed E-state index contributed by atoms with van der Waals surface area (Å²) in [6, 6.07) is 16.7. The number of hydrogen-bond donors (Lipinski definition) is 6. The van der Waals surface area contributed by atoms with Crippen LogP contribution in [0.15, 0.2) is 54.6 Å². The van der Waals surface area contributed by atoms with Crippen LogP contribution < -0.4 is 0 Å². The molecule has 3 aromatic carbocycles. The minimum Gasteiger partial charge on any atom is -0.508 e. The van der Waals surface area contributed by atoms with Gasteiger partial charge < -0.3 is 30.0 Å². The number of phenols is 3. The molecule has 8 heteroatoms. The second kappa shape index (κ2) is 13.6. The highest BCUT2D eigenvalue weighted by Crippen LogP contribution is 2.25. The molecule has 0 heterocycles. The van der Waals surface area contributed by atoms with Crippen molar-refractivity contribution in [3.8, 4) is 17.2 Å². The van der Waals surface area contributed by atoms with Crippen molar-refractivity contribution in [1.29, 1.82) is 0 Å². The molecule has 0 aliphatic carbocycles. The monoisotopic (exact) mass is 464 g/mol. The summed E-state index contributed by atoms with van der Waals surface area (Å²) in [5.74, 6) is 1.13. The van der Waals surface area contributed by atoms with Gasteiger partial charge in [0.15, 0.2) is 0 Å². The molecule has 0 saturated carbocycles. The van der Waals surface area contributed by atoms with Crippen LogP contribution in [-0.4, -0.2) is 30.0 Å². The molecule has 7 nitrogen and oxygen atoms in total. The number of hydrogen-bond acceptors (Lipinski definition) is 4. The van der Waals surface area contributed by atoms with E-state index < -0.39 is 7.82 Å². The summed E-state index contributed by atoms with van der Waals surface area (Å²) in [5.41, 5.74) is 6.38. The maximum absolute atomic E-state index is 9.04. The lowest BCUT2D eigenvalue weighted by Gasteiger charge is -1.97. The molecule has 0 bridgehead atoms. The summed E-state index contributed by atoms with van der Waals surface area (Å²) < 4.78 is 8.88. The van der Waals surface area contributed by atoms with Crippen molar-refractivity contribution >= 4 is 7.82 Å². The third-order valence-electron chi connectivity index (χ3n) is 4.06. The fourth-order valence-electron chi connectivity index (χ4n) is 2.42. The maximum Gasteiger partial charge on any atom is 0.466 e.